The fourth-order valence-electron chi connectivity index (χ4n) is 1.52. The van der Waals surface area contributed by atoms with Crippen molar-refractivity contribution >= 4 is 0 Å². The number of halogens is 3. The van der Waals surface area contributed by atoms with Crippen LogP contribution >= 0.6 is 0 Å². The molecule has 1 aromatic carbocycles. The highest BCUT2D eigenvalue weighted by atomic mass is 19.4. The van der Waals surface area contributed by atoms with E-state index in [0.29, 0.717) is 12.0 Å². The van der Waals surface area contributed by atoms with Crippen LogP contribution in [0.2, 0.25) is 0 Å². The van der Waals surface area contributed by atoms with E-state index in [1.165, 1.54) is 6.07 Å². The van der Waals surface area contributed by atoms with Crippen molar-refractivity contribution in [1.82, 2.24) is 0 Å². The summed E-state index contributed by atoms with van der Waals surface area (Å²) in [7, 11) is 0. The van der Waals surface area contributed by atoms with Gasteiger partial charge in [-0.05, 0) is 29.9 Å². The zero-order valence-electron chi connectivity index (χ0n) is 9.86. The third-order valence-corrected chi connectivity index (χ3v) is 2.47. The summed E-state index contributed by atoms with van der Waals surface area (Å²) in [6.07, 6.45) is -3.02. The van der Waals surface area contributed by atoms with Crippen molar-refractivity contribution in [3.8, 4) is 0 Å². The first-order valence-electron chi connectivity index (χ1n) is 5.35. The predicted molar refractivity (Wildman–Crippen MR) is 59.2 cm³/mol. The molecule has 16 heavy (non-hydrogen) atoms. The molecule has 1 rings (SSSR count). The molecule has 0 aliphatic carbocycles. The van der Waals surface area contributed by atoms with E-state index in [1.807, 2.05) is 20.8 Å². The lowest BCUT2D eigenvalue weighted by Gasteiger charge is -2.19. The van der Waals surface area contributed by atoms with E-state index < -0.39 is 11.7 Å². The Balaban J connectivity index is 2.88. The molecule has 90 valence electrons. The molecule has 0 saturated carbocycles. The van der Waals surface area contributed by atoms with Crippen LogP contribution in [0.25, 0.3) is 0 Å². The second-order valence-corrected chi connectivity index (χ2v) is 5.22. The van der Waals surface area contributed by atoms with E-state index in [2.05, 4.69) is 0 Å². The number of benzene rings is 1. The predicted octanol–water partition coefficient (Wildman–Crippen LogP) is 4.68. The maximum absolute atomic E-state index is 12.7. The van der Waals surface area contributed by atoms with Gasteiger partial charge in [0.15, 0.2) is 0 Å². The Kier molecular flexibility index (Phi) is 3.66. The number of alkyl halides is 3. The molecular formula is C13H17F3. The van der Waals surface area contributed by atoms with Crippen LogP contribution in [-0.2, 0) is 12.6 Å². The second kappa shape index (κ2) is 4.48. The van der Waals surface area contributed by atoms with E-state index in [9.17, 15) is 13.2 Å². The molecule has 0 aliphatic heterocycles. The number of hydrogen-bond donors (Lipinski definition) is 0. The van der Waals surface area contributed by atoms with Crippen molar-refractivity contribution in [3.63, 3.8) is 0 Å². The van der Waals surface area contributed by atoms with Crippen LogP contribution in [0.3, 0.4) is 0 Å². The van der Waals surface area contributed by atoms with Crippen LogP contribution in [-0.4, -0.2) is 0 Å². The quantitative estimate of drug-likeness (QED) is 0.691. The normalized spacial score (nSPS) is 12.9. The van der Waals surface area contributed by atoms with E-state index in [1.54, 1.807) is 12.1 Å². The second-order valence-electron chi connectivity index (χ2n) is 5.22. The Morgan fingerprint density at radius 1 is 1.00 bits per heavy atom. The highest BCUT2D eigenvalue weighted by molar-refractivity contribution is 5.29. The van der Waals surface area contributed by atoms with E-state index in [0.717, 1.165) is 12.5 Å². The van der Waals surface area contributed by atoms with E-state index >= 15 is 0 Å². The highest BCUT2D eigenvalue weighted by Gasteiger charge is 2.32. The number of rotatable bonds is 2. The van der Waals surface area contributed by atoms with Gasteiger partial charge < -0.3 is 0 Å². The number of aryl methyl sites for hydroxylation is 1. The molecule has 0 nitrogen and oxygen atoms in total. The van der Waals surface area contributed by atoms with Crippen molar-refractivity contribution in [2.45, 2.75) is 39.8 Å². The van der Waals surface area contributed by atoms with Crippen molar-refractivity contribution in [1.29, 1.82) is 0 Å². The fourth-order valence-corrected chi connectivity index (χ4v) is 1.52. The lowest BCUT2D eigenvalue weighted by atomic mass is 9.87. The van der Waals surface area contributed by atoms with Crippen LogP contribution < -0.4 is 0 Å². The molecule has 0 N–H and O–H groups in total. The molecule has 0 unspecified atom stereocenters. The smallest absolute Gasteiger partial charge is 0.166 e. The highest BCUT2D eigenvalue weighted by Crippen LogP contribution is 2.33. The Hall–Kier alpha value is -0.990. The minimum Gasteiger partial charge on any atom is -0.166 e. The molecule has 0 fully saturated rings. The Labute approximate surface area is 94.5 Å². The molecule has 3 heteroatoms. The maximum atomic E-state index is 12.7. The Morgan fingerprint density at radius 3 is 2.06 bits per heavy atom. The van der Waals surface area contributed by atoms with Crippen LogP contribution in [0.15, 0.2) is 24.3 Å². The summed E-state index contributed by atoms with van der Waals surface area (Å²) in [4.78, 5) is 0. The summed E-state index contributed by atoms with van der Waals surface area (Å²) in [5.74, 6) is 0. The lowest BCUT2D eigenvalue weighted by Crippen LogP contribution is -2.12. The van der Waals surface area contributed by atoms with Crippen molar-refractivity contribution in [2.75, 3.05) is 0 Å². The fraction of sp³-hybridized carbons (Fsp3) is 0.538. The summed E-state index contributed by atoms with van der Waals surface area (Å²) in [5.41, 5.74) is -0.0530. The molecule has 0 aliphatic rings. The zero-order chi connectivity index (χ0) is 12.4. The average Bonchev–Trinajstić information content (AvgIpc) is 2.12. The van der Waals surface area contributed by atoms with Gasteiger partial charge in [-0.1, -0.05) is 39.0 Å². The minimum atomic E-state index is -4.24. The third kappa shape index (κ3) is 3.87. The largest absolute Gasteiger partial charge is 0.416 e. The van der Waals surface area contributed by atoms with Crippen LogP contribution in [0.1, 0.15) is 38.3 Å². The van der Waals surface area contributed by atoms with Gasteiger partial charge >= 0.3 is 6.18 Å². The molecular weight excluding hydrogens is 213 g/mol. The summed E-state index contributed by atoms with van der Waals surface area (Å²) >= 11 is 0. The van der Waals surface area contributed by atoms with Crippen molar-refractivity contribution < 1.29 is 13.2 Å². The Bertz CT molecular complexity index is 345. The van der Waals surface area contributed by atoms with Gasteiger partial charge in [0, 0.05) is 0 Å². The van der Waals surface area contributed by atoms with E-state index in [4.69, 9.17) is 0 Å². The molecule has 1 aromatic rings. The number of hydrogen-bond acceptors (Lipinski definition) is 0. The first-order chi connectivity index (χ1) is 7.20. The average molecular weight is 230 g/mol. The summed E-state index contributed by atoms with van der Waals surface area (Å²) in [6, 6.07) is 5.81. The van der Waals surface area contributed by atoms with Crippen molar-refractivity contribution in [3.05, 3.63) is 35.4 Å². The van der Waals surface area contributed by atoms with E-state index in [-0.39, 0.29) is 5.41 Å². The van der Waals surface area contributed by atoms with Gasteiger partial charge in [0.1, 0.15) is 0 Å². The molecule has 0 amide bonds. The molecule has 0 heterocycles. The first-order valence-corrected chi connectivity index (χ1v) is 5.35. The van der Waals surface area contributed by atoms with Crippen molar-refractivity contribution in [2.24, 2.45) is 5.41 Å². The molecule has 0 atom stereocenters. The molecule has 0 bridgehead atoms. The van der Waals surface area contributed by atoms with Crippen LogP contribution in [0.5, 0.6) is 0 Å². The standard InChI is InChI=1S/C13H17F3/c1-12(2,3)9-8-10-6-4-5-7-11(10)13(14,15)16/h4-7H,8-9H2,1-3H3. The van der Waals surface area contributed by atoms with Gasteiger partial charge in [-0.15, -0.1) is 0 Å². The molecule has 0 aromatic heterocycles. The topological polar surface area (TPSA) is 0 Å². The van der Waals surface area contributed by atoms with Gasteiger partial charge in [-0.25, -0.2) is 0 Å². The van der Waals surface area contributed by atoms with Gasteiger partial charge in [0.05, 0.1) is 5.56 Å². The van der Waals surface area contributed by atoms with Gasteiger partial charge in [0.25, 0.3) is 0 Å². The van der Waals surface area contributed by atoms with Gasteiger partial charge in [-0.3, -0.25) is 0 Å². The minimum absolute atomic E-state index is 0.0543. The molecule has 0 spiro atoms. The summed E-state index contributed by atoms with van der Waals surface area (Å²) in [6.45, 7) is 6.09. The maximum Gasteiger partial charge on any atom is 0.416 e. The third-order valence-electron chi connectivity index (χ3n) is 2.47. The van der Waals surface area contributed by atoms with Gasteiger partial charge in [-0.2, -0.15) is 13.2 Å². The van der Waals surface area contributed by atoms with Gasteiger partial charge in [0.2, 0.25) is 0 Å². The molecule has 0 radical (unpaired) electrons. The van der Waals surface area contributed by atoms with Crippen LogP contribution in [0.4, 0.5) is 13.2 Å². The zero-order valence-corrected chi connectivity index (χ0v) is 9.86. The first kappa shape index (κ1) is 13.1. The lowest BCUT2D eigenvalue weighted by molar-refractivity contribution is -0.138. The molecule has 0 saturated heterocycles. The summed E-state index contributed by atoms with van der Waals surface area (Å²) < 4.78 is 38.0. The summed E-state index contributed by atoms with van der Waals surface area (Å²) in [5, 5.41) is 0. The SMILES string of the molecule is CC(C)(C)CCc1ccccc1C(F)(F)F. The Morgan fingerprint density at radius 2 is 1.56 bits per heavy atom. The van der Waals surface area contributed by atoms with Crippen LogP contribution in [0, 0.1) is 5.41 Å². The monoisotopic (exact) mass is 230 g/mol.